The number of nitrogens with one attached hydrogen (secondary N) is 2. The van der Waals surface area contributed by atoms with Crippen LogP contribution in [0.4, 0.5) is 0 Å². The summed E-state index contributed by atoms with van der Waals surface area (Å²) in [4.78, 5) is 2.56. The maximum absolute atomic E-state index is 3.85. The van der Waals surface area contributed by atoms with Gasteiger partial charge in [-0.3, -0.25) is 0 Å². The van der Waals surface area contributed by atoms with E-state index in [2.05, 4.69) is 29.4 Å². The highest BCUT2D eigenvalue weighted by atomic mass is 15.1. The van der Waals surface area contributed by atoms with E-state index in [1.807, 2.05) is 0 Å². The van der Waals surface area contributed by atoms with E-state index in [-0.39, 0.29) is 0 Å². The zero-order valence-corrected chi connectivity index (χ0v) is 13.0. The summed E-state index contributed by atoms with van der Waals surface area (Å²) in [6.45, 7) is 10.6. The van der Waals surface area contributed by atoms with Crippen molar-refractivity contribution in [3.05, 3.63) is 0 Å². The molecule has 0 bridgehead atoms. The highest BCUT2D eigenvalue weighted by molar-refractivity contribution is 4.93. The first-order valence-electron chi connectivity index (χ1n) is 8.54. The molecule has 0 amide bonds. The molecule has 1 heterocycles. The van der Waals surface area contributed by atoms with Gasteiger partial charge >= 0.3 is 0 Å². The van der Waals surface area contributed by atoms with Gasteiger partial charge < -0.3 is 15.5 Å². The van der Waals surface area contributed by atoms with Gasteiger partial charge in [-0.25, -0.2) is 0 Å². The van der Waals surface area contributed by atoms with Crippen LogP contribution in [-0.4, -0.2) is 49.7 Å². The Labute approximate surface area is 119 Å². The summed E-state index contributed by atoms with van der Waals surface area (Å²) >= 11 is 0. The molecule has 0 aromatic carbocycles. The molecule has 3 nitrogen and oxygen atoms in total. The zero-order valence-electron chi connectivity index (χ0n) is 13.0. The van der Waals surface area contributed by atoms with E-state index in [0.29, 0.717) is 0 Å². The van der Waals surface area contributed by atoms with Gasteiger partial charge in [0, 0.05) is 25.2 Å². The fraction of sp³-hybridized carbons (Fsp3) is 1.00. The van der Waals surface area contributed by atoms with Gasteiger partial charge in [0.15, 0.2) is 0 Å². The van der Waals surface area contributed by atoms with E-state index in [4.69, 9.17) is 0 Å². The first-order chi connectivity index (χ1) is 9.35. The number of hydrogen-bond acceptors (Lipinski definition) is 3. The van der Waals surface area contributed by atoms with Crippen LogP contribution in [0.2, 0.25) is 0 Å². The smallest absolute Gasteiger partial charge is 0.0111 e. The SMILES string of the molecule is CCCN(CC)CCNC1CCCC1C1CCCN1. The van der Waals surface area contributed by atoms with E-state index in [9.17, 15) is 0 Å². The number of likely N-dealkylation sites (N-methyl/N-ethyl adjacent to an activating group) is 1. The zero-order chi connectivity index (χ0) is 13.5. The Bertz CT molecular complexity index is 238. The standard InChI is InChI=1S/C16H33N3/c1-3-12-19(4-2)13-11-18-15-8-5-7-14(15)16-9-6-10-17-16/h14-18H,3-13H2,1-2H3. The molecule has 1 saturated heterocycles. The maximum Gasteiger partial charge on any atom is 0.0111 e. The number of hydrogen-bond donors (Lipinski definition) is 2. The van der Waals surface area contributed by atoms with E-state index in [1.54, 1.807) is 0 Å². The van der Waals surface area contributed by atoms with Gasteiger partial charge in [-0.05, 0) is 57.7 Å². The first-order valence-corrected chi connectivity index (χ1v) is 8.54. The van der Waals surface area contributed by atoms with Crippen LogP contribution in [0.25, 0.3) is 0 Å². The van der Waals surface area contributed by atoms with Gasteiger partial charge in [0.2, 0.25) is 0 Å². The van der Waals surface area contributed by atoms with Gasteiger partial charge in [-0.2, -0.15) is 0 Å². The van der Waals surface area contributed by atoms with Gasteiger partial charge in [-0.15, -0.1) is 0 Å². The lowest BCUT2D eigenvalue weighted by atomic mass is 9.93. The molecule has 1 aliphatic heterocycles. The van der Waals surface area contributed by atoms with Crippen molar-refractivity contribution < 1.29 is 0 Å². The highest BCUT2D eigenvalue weighted by Crippen LogP contribution is 2.31. The maximum atomic E-state index is 3.85. The Hall–Kier alpha value is -0.120. The fourth-order valence-corrected chi connectivity index (χ4v) is 3.95. The van der Waals surface area contributed by atoms with Crippen LogP contribution in [0.3, 0.4) is 0 Å². The molecule has 2 fully saturated rings. The summed E-state index contributed by atoms with van der Waals surface area (Å²) in [5, 5.41) is 7.56. The van der Waals surface area contributed by atoms with Crippen molar-refractivity contribution in [2.45, 2.75) is 64.5 Å². The highest BCUT2D eigenvalue weighted by Gasteiger charge is 2.34. The molecule has 0 aromatic heterocycles. The largest absolute Gasteiger partial charge is 0.314 e. The van der Waals surface area contributed by atoms with Gasteiger partial charge in [-0.1, -0.05) is 20.3 Å². The van der Waals surface area contributed by atoms with Gasteiger partial charge in [0.05, 0.1) is 0 Å². The van der Waals surface area contributed by atoms with Crippen LogP contribution in [0.15, 0.2) is 0 Å². The van der Waals surface area contributed by atoms with Crippen LogP contribution >= 0.6 is 0 Å². The second-order valence-corrected chi connectivity index (χ2v) is 6.29. The summed E-state index contributed by atoms with van der Waals surface area (Å²) in [6, 6.07) is 1.58. The lowest BCUT2D eigenvalue weighted by Crippen LogP contribution is -2.44. The molecular weight excluding hydrogens is 234 g/mol. The van der Waals surface area contributed by atoms with E-state index in [1.165, 1.54) is 71.2 Å². The third-order valence-electron chi connectivity index (χ3n) is 5.01. The number of rotatable bonds is 8. The fourth-order valence-electron chi connectivity index (χ4n) is 3.95. The van der Waals surface area contributed by atoms with Crippen molar-refractivity contribution in [2.75, 3.05) is 32.7 Å². The molecule has 112 valence electrons. The minimum atomic E-state index is 0.774. The van der Waals surface area contributed by atoms with E-state index in [0.717, 1.165) is 18.0 Å². The molecule has 19 heavy (non-hydrogen) atoms. The summed E-state index contributed by atoms with van der Waals surface area (Å²) in [5.41, 5.74) is 0. The second-order valence-electron chi connectivity index (χ2n) is 6.29. The Kier molecular flexibility index (Phi) is 6.62. The summed E-state index contributed by atoms with van der Waals surface area (Å²) < 4.78 is 0. The minimum Gasteiger partial charge on any atom is -0.314 e. The van der Waals surface area contributed by atoms with Crippen LogP contribution in [0, 0.1) is 5.92 Å². The lowest BCUT2D eigenvalue weighted by molar-refractivity contribution is 0.265. The van der Waals surface area contributed by atoms with Crippen molar-refractivity contribution in [2.24, 2.45) is 5.92 Å². The van der Waals surface area contributed by atoms with Crippen LogP contribution < -0.4 is 10.6 Å². The quantitative estimate of drug-likeness (QED) is 0.706. The monoisotopic (exact) mass is 267 g/mol. The molecule has 1 aliphatic carbocycles. The molecule has 3 unspecified atom stereocenters. The Morgan fingerprint density at radius 1 is 1.11 bits per heavy atom. The number of nitrogens with zero attached hydrogens (tertiary/aromatic N) is 1. The van der Waals surface area contributed by atoms with E-state index < -0.39 is 0 Å². The average Bonchev–Trinajstić information content (AvgIpc) is 3.08. The topological polar surface area (TPSA) is 27.3 Å². The second kappa shape index (κ2) is 8.23. The molecule has 0 radical (unpaired) electrons. The normalized spacial score (nSPS) is 31.4. The third-order valence-corrected chi connectivity index (χ3v) is 5.01. The molecule has 0 aromatic rings. The molecule has 2 rings (SSSR count). The predicted octanol–water partition coefficient (Wildman–Crippen LogP) is 2.23. The summed E-state index contributed by atoms with van der Waals surface area (Å²) in [5.74, 6) is 0.892. The Balaban J connectivity index is 1.69. The Morgan fingerprint density at radius 3 is 2.68 bits per heavy atom. The van der Waals surface area contributed by atoms with Crippen LogP contribution in [-0.2, 0) is 0 Å². The third kappa shape index (κ3) is 4.44. The lowest BCUT2D eigenvalue weighted by Gasteiger charge is -2.28. The van der Waals surface area contributed by atoms with Crippen molar-refractivity contribution in [3.8, 4) is 0 Å². The predicted molar refractivity (Wildman–Crippen MR) is 82.6 cm³/mol. The van der Waals surface area contributed by atoms with Crippen molar-refractivity contribution in [1.29, 1.82) is 0 Å². The van der Waals surface area contributed by atoms with Crippen molar-refractivity contribution >= 4 is 0 Å². The summed E-state index contributed by atoms with van der Waals surface area (Å²) in [6.07, 6.45) is 8.30. The molecular formula is C16H33N3. The molecule has 2 N–H and O–H groups in total. The van der Waals surface area contributed by atoms with E-state index >= 15 is 0 Å². The van der Waals surface area contributed by atoms with Crippen LogP contribution in [0.5, 0.6) is 0 Å². The van der Waals surface area contributed by atoms with Crippen molar-refractivity contribution in [3.63, 3.8) is 0 Å². The van der Waals surface area contributed by atoms with Gasteiger partial charge in [0.1, 0.15) is 0 Å². The first kappa shape index (κ1) is 15.3. The summed E-state index contributed by atoms with van der Waals surface area (Å²) in [7, 11) is 0. The average molecular weight is 267 g/mol. The van der Waals surface area contributed by atoms with Crippen molar-refractivity contribution in [1.82, 2.24) is 15.5 Å². The minimum absolute atomic E-state index is 0.774. The molecule has 3 heteroatoms. The molecule has 2 aliphatic rings. The van der Waals surface area contributed by atoms with Crippen LogP contribution in [0.1, 0.15) is 52.4 Å². The van der Waals surface area contributed by atoms with Gasteiger partial charge in [0.25, 0.3) is 0 Å². The molecule has 3 atom stereocenters. The molecule has 1 saturated carbocycles. The molecule has 0 spiro atoms. The Morgan fingerprint density at radius 2 is 2.00 bits per heavy atom.